The monoisotopic (exact) mass is 196 g/mol. The van der Waals surface area contributed by atoms with E-state index in [1.54, 1.807) is 0 Å². The molecule has 1 atom stereocenters. The Labute approximate surface area is 83.3 Å². The Bertz CT molecular complexity index is 277. The summed E-state index contributed by atoms with van der Waals surface area (Å²) in [5, 5.41) is 9.99. The highest BCUT2D eigenvalue weighted by molar-refractivity contribution is 6.30. The van der Waals surface area contributed by atoms with Crippen molar-refractivity contribution in [3.05, 3.63) is 34.9 Å². The van der Waals surface area contributed by atoms with Crippen LogP contribution in [0.25, 0.3) is 0 Å². The first-order valence-electron chi connectivity index (χ1n) is 4.67. The van der Waals surface area contributed by atoms with Crippen molar-refractivity contribution in [2.75, 3.05) is 6.61 Å². The van der Waals surface area contributed by atoms with Gasteiger partial charge in [-0.25, -0.2) is 0 Å². The highest BCUT2D eigenvalue weighted by atomic mass is 35.5. The van der Waals surface area contributed by atoms with Crippen molar-refractivity contribution in [1.29, 1.82) is 0 Å². The average molecular weight is 197 g/mol. The van der Waals surface area contributed by atoms with Crippen molar-refractivity contribution in [2.24, 2.45) is 5.92 Å². The van der Waals surface area contributed by atoms with Gasteiger partial charge in [0.25, 0.3) is 0 Å². The van der Waals surface area contributed by atoms with Gasteiger partial charge in [-0.3, -0.25) is 0 Å². The molecule has 13 heavy (non-hydrogen) atoms. The lowest BCUT2D eigenvalue weighted by atomic mass is 9.95. The van der Waals surface area contributed by atoms with E-state index in [2.05, 4.69) is 0 Å². The second-order valence-electron chi connectivity index (χ2n) is 3.68. The molecule has 0 radical (unpaired) electrons. The fourth-order valence-electron chi connectivity index (χ4n) is 1.74. The lowest BCUT2D eigenvalue weighted by molar-refractivity contribution is 0.253. The Kier molecular flexibility index (Phi) is 2.56. The van der Waals surface area contributed by atoms with Crippen molar-refractivity contribution in [1.82, 2.24) is 0 Å². The first kappa shape index (κ1) is 9.04. The van der Waals surface area contributed by atoms with Crippen LogP contribution in [0.15, 0.2) is 24.3 Å². The van der Waals surface area contributed by atoms with E-state index in [1.807, 2.05) is 24.3 Å². The van der Waals surface area contributed by atoms with Crippen LogP contribution in [0.5, 0.6) is 0 Å². The van der Waals surface area contributed by atoms with Crippen molar-refractivity contribution in [2.45, 2.75) is 18.8 Å². The van der Waals surface area contributed by atoms with E-state index in [9.17, 15) is 5.11 Å². The Morgan fingerprint density at radius 2 is 1.92 bits per heavy atom. The van der Waals surface area contributed by atoms with E-state index < -0.39 is 0 Å². The molecule has 0 aromatic heterocycles. The van der Waals surface area contributed by atoms with Gasteiger partial charge in [0.15, 0.2) is 0 Å². The fraction of sp³-hybridized carbons (Fsp3) is 0.455. The van der Waals surface area contributed by atoms with E-state index in [1.165, 1.54) is 18.4 Å². The van der Waals surface area contributed by atoms with E-state index >= 15 is 0 Å². The van der Waals surface area contributed by atoms with Gasteiger partial charge in [0.2, 0.25) is 0 Å². The van der Waals surface area contributed by atoms with Gasteiger partial charge >= 0.3 is 0 Å². The molecular formula is C11H13ClO. The SMILES string of the molecule is OC[C@H](c1ccc(Cl)cc1)C1CC1. The lowest BCUT2D eigenvalue weighted by Gasteiger charge is -2.12. The van der Waals surface area contributed by atoms with Crippen molar-refractivity contribution < 1.29 is 5.11 Å². The fourth-order valence-corrected chi connectivity index (χ4v) is 1.86. The summed E-state index contributed by atoms with van der Waals surface area (Å²) >= 11 is 5.79. The van der Waals surface area contributed by atoms with Crippen LogP contribution in [0, 0.1) is 5.92 Å². The molecule has 1 aliphatic carbocycles. The zero-order valence-corrected chi connectivity index (χ0v) is 8.17. The predicted molar refractivity (Wildman–Crippen MR) is 54.0 cm³/mol. The molecule has 0 aliphatic heterocycles. The maximum atomic E-state index is 9.23. The van der Waals surface area contributed by atoms with Crippen LogP contribution in [0.3, 0.4) is 0 Å². The van der Waals surface area contributed by atoms with Crippen LogP contribution in [0.2, 0.25) is 5.02 Å². The Balaban J connectivity index is 2.17. The molecule has 0 heterocycles. The van der Waals surface area contributed by atoms with Crippen LogP contribution in [-0.4, -0.2) is 11.7 Å². The molecule has 1 aromatic rings. The van der Waals surface area contributed by atoms with Crippen LogP contribution >= 0.6 is 11.6 Å². The minimum Gasteiger partial charge on any atom is -0.396 e. The zero-order valence-electron chi connectivity index (χ0n) is 7.41. The maximum Gasteiger partial charge on any atom is 0.0502 e. The standard InChI is InChI=1S/C11H13ClO/c12-10-5-3-9(4-6-10)11(7-13)8-1-2-8/h3-6,8,11,13H,1-2,7H2/t11-/m0/s1. The number of hydrogen-bond acceptors (Lipinski definition) is 1. The highest BCUT2D eigenvalue weighted by Crippen LogP contribution is 2.42. The maximum absolute atomic E-state index is 9.23. The number of aliphatic hydroxyl groups excluding tert-OH is 1. The summed E-state index contributed by atoms with van der Waals surface area (Å²) in [5.41, 5.74) is 1.22. The molecule has 0 amide bonds. The van der Waals surface area contributed by atoms with E-state index in [0.29, 0.717) is 11.8 Å². The van der Waals surface area contributed by atoms with Crippen LogP contribution in [0.1, 0.15) is 24.3 Å². The molecule has 0 unspecified atom stereocenters. The van der Waals surface area contributed by atoms with Gasteiger partial charge in [0, 0.05) is 10.9 Å². The second kappa shape index (κ2) is 3.69. The van der Waals surface area contributed by atoms with Crippen molar-refractivity contribution in [3.63, 3.8) is 0 Å². The number of benzene rings is 1. The number of rotatable bonds is 3. The summed E-state index contributed by atoms with van der Waals surface area (Å²) in [6.07, 6.45) is 2.52. The summed E-state index contributed by atoms with van der Waals surface area (Å²) in [6.45, 7) is 0.256. The van der Waals surface area contributed by atoms with Gasteiger partial charge in [-0.2, -0.15) is 0 Å². The quantitative estimate of drug-likeness (QED) is 0.789. The molecule has 70 valence electrons. The zero-order chi connectivity index (χ0) is 9.26. The van der Waals surface area contributed by atoms with Gasteiger partial charge in [-0.05, 0) is 36.5 Å². The molecular weight excluding hydrogens is 184 g/mol. The Morgan fingerprint density at radius 1 is 1.31 bits per heavy atom. The normalized spacial score (nSPS) is 18.6. The van der Waals surface area contributed by atoms with E-state index in [0.717, 1.165) is 5.02 Å². The molecule has 1 saturated carbocycles. The van der Waals surface area contributed by atoms with E-state index in [4.69, 9.17) is 11.6 Å². The van der Waals surface area contributed by atoms with E-state index in [-0.39, 0.29) is 6.61 Å². The molecule has 0 saturated heterocycles. The number of hydrogen-bond donors (Lipinski definition) is 1. The molecule has 1 nitrogen and oxygen atoms in total. The summed E-state index contributed by atoms with van der Waals surface area (Å²) in [6, 6.07) is 7.81. The van der Waals surface area contributed by atoms with Crippen molar-refractivity contribution >= 4 is 11.6 Å². The largest absolute Gasteiger partial charge is 0.396 e. The Hall–Kier alpha value is -0.530. The molecule has 1 aliphatic rings. The summed E-state index contributed by atoms with van der Waals surface area (Å²) in [4.78, 5) is 0. The van der Waals surface area contributed by atoms with Gasteiger partial charge in [0.1, 0.15) is 0 Å². The smallest absolute Gasteiger partial charge is 0.0502 e. The van der Waals surface area contributed by atoms with Gasteiger partial charge in [-0.15, -0.1) is 0 Å². The first-order chi connectivity index (χ1) is 6.31. The third-order valence-corrected chi connectivity index (χ3v) is 2.94. The van der Waals surface area contributed by atoms with Crippen LogP contribution in [0.4, 0.5) is 0 Å². The summed E-state index contributed by atoms with van der Waals surface area (Å²) < 4.78 is 0. The van der Waals surface area contributed by atoms with Gasteiger partial charge in [0.05, 0.1) is 6.61 Å². The third kappa shape index (κ3) is 2.04. The first-order valence-corrected chi connectivity index (χ1v) is 5.05. The molecule has 1 N–H and O–H groups in total. The van der Waals surface area contributed by atoms with Crippen molar-refractivity contribution in [3.8, 4) is 0 Å². The minimum atomic E-state index is 0.256. The molecule has 0 spiro atoms. The second-order valence-corrected chi connectivity index (χ2v) is 4.11. The highest BCUT2D eigenvalue weighted by Gasteiger charge is 2.31. The third-order valence-electron chi connectivity index (χ3n) is 2.69. The van der Waals surface area contributed by atoms with Crippen LogP contribution < -0.4 is 0 Å². The average Bonchev–Trinajstić information content (AvgIpc) is 2.93. The minimum absolute atomic E-state index is 0.256. The Morgan fingerprint density at radius 3 is 2.38 bits per heavy atom. The molecule has 1 fully saturated rings. The number of halogens is 1. The summed E-state index contributed by atoms with van der Waals surface area (Å²) in [5.74, 6) is 1.03. The van der Waals surface area contributed by atoms with Crippen LogP contribution in [-0.2, 0) is 0 Å². The number of aliphatic hydroxyl groups is 1. The van der Waals surface area contributed by atoms with Gasteiger partial charge in [-0.1, -0.05) is 23.7 Å². The lowest BCUT2D eigenvalue weighted by Crippen LogP contribution is -2.05. The summed E-state index contributed by atoms with van der Waals surface area (Å²) in [7, 11) is 0. The molecule has 0 bridgehead atoms. The molecule has 1 aromatic carbocycles. The molecule has 2 rings (SSSR count). The molecule has 2 heteroatoms. The topological polar surface area (TPSA) is 20.2 Å². The predicted octanol–water partition coefficient (Wildman–Crippen LogP) is 2.83. The van der Waals surface area contributed by atoms with Gasteiger partial charge < -0.3 is 5.11 Å².